The molecule has 7 nitrogen and oxygen atoms in total. The van der Waals surface area contributed by atoms with Crippen LogP contribution in [0, 0.1) is 0 Å². The van der Waals surface area contributed by atoms with Crippen molar-refractivity contribution in [1.82, 2.24) is 14.4 Å². The van der Waals surface area contributed by atoms with Crippen molar-refractivity contribution in [1.29, 1.82) is 0 Å². The molecule has 0 radical (unpaired) electrons. The van der Waals surface area contributed by atoms with E-state index >= 15 is 0 Å². The van der Waals surface area contributed by atoms with Gasteiger partial charge in [-0.3, -0.25) is 4.40 Å². The van der Waals surface area contributed by atoms with Gasteiger partial charge in [0.15, 0.2) is 5.69 Å². The summed E-state index contributed by atoms with van der Waals surface area (Å²) in [5.74, 6) is -0.490. The lowest BCUT2D eigenvalue weighted by Crippen LogP contribution is -2.44. The van der Waals surface area contributed by atoms with E-state index in [4.69, 9.17) is 4.74 Å². The lowest BCUT2D eigenvalue weighted by Gasteiger charge is -2.37. The van der Waals surface area contributed by atoms with Gasteiger partial charge in [0.25, 0.3) is 0 Å². The van der Waals surface area contributed by atoms with E-state index in [-0.39, 0.29) is 17.9 Å². The molecule has 2 atom stereocenters. The van der Waals surface area contributed by atoms with Gasteiger partial charge in [-0.25, -0.2) is 14.8 Å². The van der Waals surface area contributed by atoms with E-state index in [0.717, 1.165) is 5.56 Å². The minimum atomic E-state index is -1.06. The monoisotopic (exact) mass is 338 g/mol. The van der Waals surface area contributed by atoms with Gasteiger partial charge in [-0.15, -0.1) is 0 Å². The molecule has 0 amide bonds. The van der Waals surface area contributed by atoms with Crippen LogP contribution in [0.15, 0.2) is 48.8 Å². The number of carboxylic acid groups (broad SMARTS) is 1. The Hall–Kier alpha value is -2.93. The maximum atomic E-state index is 11.4. The molecular weight excluding hydrogens is 320 g/mol. The van der Waals surface area contributed by atoms with E-state index in [1.165, 1.54) is 6.07 Å². The van der Waals surface area contributed by atoms with Crippen molar-refractivity contribution in [3.63, 3.8) is 0 Å². The molecule has 1 saturated heterocycles. The molecule has 0 bridgehead atoms. The third-order valence-corrected chi connectivity index (χ3v) is 4.30. The number of imidazole rings is 1. The highest BCUT2D eigenvalue weighted by atomic mass is 16.5. The number of aromatic carboxylic acids is 1. The average molecular weight is 338 g/mol. The van der Waals surface area contributed by atoms with E-state index < -0.39 is 5.97 Å². The fourth-order valence-corrected chi connectivity index (χ4v) is 3.21. The SMILES string of the molecule is C[C@@H]1CN(c2nc(C(=O)O)cc3nccn23)C[C@H](c2ccccc2)O1. The van der Waals surface area contributed by atoms with Crippen LogP contribution < -0.4 is 4.90 Å². The number of aromatic nitrogens is 3. The highest BCUT2D eigenvalue weighted by Gasteiger charge is 2.29. The minimum absolute atomic E-state index is 0.00666. The predicted molar refractivity (Wildman–Crippen MR) is 91.9 cm³/mol. The molecule has 3 heterocycles. The van der Waals surface area contributed by atoms with Crippen molar-refractivity contribution in [2.24, 2.45) is 0 Å². The molecule has 1 aliphatic rings. The molecule has 1 aliphatic heterocycles. The third kappa shape index (κ3) is 2.94. The summed E-state index contributed by atoms with van der Waals surface area (Å²) < 4.78 is 7.90. The lowest BCUT2D eigenvalue weighted by atomic mass is 10.1. The van der Waals surface area contributed by atoms with Gasteiger partial charge in [0.05, 0.1) is 12.6 Å². The lowest BCUT2D eigenvalue weighted by molar-refractivity contribution is -0.0179. The summed E-state index contributed by atoms with van der Waals surface area (Å²) in [4.78, 5) is 22.0. The number of nitrogens with zero attached hydrogens (tertiary/aromatic N) is 4. The van der Waals surface area contributed by atoms with E-state index in [0.29, 0.717) is 24.7 Å². The Kier molecular flexibility index (Phi) is 3.85. The molecule has 0 spiro atoms. The summed E-state index contributed by atoms with van der Waals surface area (Å²) in [5, 5.41) is 9.34. The van der Waals surface area contributed by atoms with E-state index in [1.807, 2.05) is 41.7 Å². The highest BCUT2D eigenvalue weighted by Crippen LogP contribution is 2.28. The molecule has 128 valence electrons. The Balaban J connectivity index is 1.74. The number of carboxylic acids is 1. The second kappa shape index (κ2) is 6.18. The van der Waals surface area contributed by atoms with Gasteiger partial charge in [0.1, 0.15) is 11.8 Å². The number of hydrogen-bond donors (Lipinski definition) is 1. The van der Waals surface area contributed by atoms with Gasteiger partial charge in [-0.1, -0.05) is 30.3 Å². The number of hydrogen-bond acceptors (Lipinski definition) is 5. The smallest absolute Gasteiger partial charge is 0.354 e. The largest absolute Gasteiger partial charge is 0.477 e. The van der Waals surface area contributed by atoms with E-state index in [9.17, 15) is 9.90 Å². The van der Waals surface area contributed by atoms with Crippen LogP contribution in [0.2, 0.25) is 0 Å². The first-order chi connectivity index (χ1) is 12.1. The molecule has 0 unspecified atom stereocenters. The van der Waals surface area contributed by atoms with Crippen molar-refractivity contribution in [3.05, 3.63) is 60.0 Å². The van der Waals surface area contributed by atoms with Crippen LogP contribution in [0.3, 0.4) is 0 Å². The highest BCUT2D eigenvalue weighted by molar-refractivity contribution is 5.87. The summed E-state index contributed by atoms with van der Waals surface area (Å²) >= 11 is 0. The normalized spacial score (nSPS) is 20.8. The zero-order chi connectivity index (χ0) is 17.4. The average Bonchev–Trinajstić information content (AvgIpc) is 3.09. The topological polar surface area (TPSA) is 80.0 Å². The van der Waals surface area contributed by atoms with Gasteiger partial charge in [0.2, 0.25) is 5.95 Å². The standard InChI is InChI=1S/C18H18N4O3/c1-12-10-21(11-15(25-12)13-5-3-2-4-6-13)18-20-14(17(23)24)9-16-19-7-8-22(16)18/h2-9,12,15H,10-11H2,1H3,(H,23,24)/t12-,15-/m1/s1. The number of ether oxygens (including phenoxy) is 1. The summed E-state index contributed by atoms with van der Waals surface area (Å²) in [5.41, 5.74) is 1.65. The Labute approximate surface area is 144 Å². The molecule has 4 rings (SSSR count). The number of morpholine rings is 1. The van der Waals surface area contributed by atoms with Crippen LogP contribution in [-0.4, -0.2) is 44.6 Å². The number of benzene rings is 1. The quantitative estimate of drug-likeness (QED) is 0.790. The van der Waals surface area contributed by atoms with Crippen molar-refractivity contribution in [2.75, 3.05) is 18.0 Å². The van der Waals surface area contributed by atoms with Crippen LogP contribution in [0.1, 0.15) is 29.1 Å². The van der Waals surface area contributed by atoms with Crippen molar-refractivity contribution >= 4 is 17.6 Å². The number of carbonyl (C=O) groups is 1. The third-order valence-electron chi connectivity index (χ3n) is 4.30. The fraction of sp³-hybridized carbons (Fsp3) is 0.278. The maximum Gasteiger partial charge on any atom is 0.354 e. The van der Waals surface area contributed by atoms with Crippen molar-refractivity contribution in [2.45, 2.75) is 19.1 Å². The van der Waals surface area contributed by atoms with Crippen LogP contribution in [0.4, 0.5) is 5.95 Å². The first-order valence-electron chi connectivity index (χ1n) is 8.14. The van der Waals surface area contributed by atoms with Crippen molar-refractivity contribution < 1.29 is 14.6 Å². The van der Waals surface area contributed by atoms with Gasteiger partial charge in [-0.2, -0.15) is 0 Å². The van der Waals surface area contributed by atoms with E-state index in [2.05, 4.69) is 14.9 Å². The zero-order valence-corrected chi connectivity index (χ0v) is 13.7. The summed E-state index contributed by atoms with van der Waals surface area (Å²) in [6.07, 6.45) is 3.33. The zero-order valence-electron chi connectivity index (χ0n) is 13.7. The molecule has 1 aromatic carbocycles. The van der Waals surface area contributed by atoms with Crippen LogP contribution >= 0.6 is 0 Å². The second-order valence-electron chi connectivity index (χ2n) is 6.15. The molecule has 1 N–H and O–H groups in total. The molecular formula is C18H18N4O3. The van der Waals surface area contributed by atoms with Crippen LogP contribution in [-0.2, 0) is 4.74 Å². The molecule has 25 heavy (non-hydrogen) atoms. The number of anilines is 1. The molecule has 0 aliphatic carbocycles. The Morgan fingerprint density at radius 1 is 1.28 bits per heavy atom. The molecule has 1 fully saturated rings. The Bertz CT molecular complexity index is 909. The Morgan fingerprint density at radius 2 is 2.08 bits per heavy atom. The molecule has 0 saturated carbocycles. The van der Waals surface area contributed by atoms with E-state index in [1.54, 1.807) is 12.4 Å². The minimum Gasteiger partial charge on any atom is -0.477 e. The van der Waals surface area contributed by atoms with Crippen LogP contribution in [0.25, 0.3) is 5.65 Å². The molecule has 7 heteroatoms. The summed E-state index contributed by atoms with van der Waals surface area (Å²) in [7, 11) is 0. The maximum absolute atomic E-state index is 11.4. The van der Waals surface area contributed by atoms with Crippen LogP contribution in [0.5, 0.6) is 0 Å². The second-order valence-corrected chi connectivity index (χ2v) is 6.15. The van der Waals surface area contributed by atoms with Gasteiger partial charge in [0, 0.05) is 25.0 Å². The number of rotatable bonds is 3. The predicted octanol–water partition coefficient (Wildman–Crippen LogP) is 2.39. The summed E-state index contributed by atoms with van der Waals surface area (Å²) in [6, 6.07) is 11.5. The fourth-order valence-electron chi connectivity index (χ4n) is 3.21. The Morgan fingerprint density at radius 3 is 2.84 bits per heavy atom. The van der Waals surface area contributed by atoms with Gasteiger partial charge in [-0.05, 0) is 12.5 Å². The van der Waals surface area contributed by atoms with Gasteiger partial charge < -0.3 is 14.7 Å². The van der Waals surface area contributed by atoms with Crippen molar-refractivity contribution in [3.8, 4) is 0 Å². The first-order valence-corrected chi connectivity index (χ1v) is 8.14. The summed E-state index contributed by atoms with van der Waals surface area (Å²) in [6.45, 7) is 3.23. The molecule has 2 aromatic heterocycles. The number of fused-ring (bicyclic) bond motifs is 1. The van der Waals surface area contributed by atoms with Gasteiger partial charge >= 0.3 is 5.97 Å². The first kappa shape index (κ1) is 15.6. The molecule has 3 aromatic rings.